The number of phenols is 1. The Labute approximate surface area is 77.0 Å². The molecule has 0 bridgehead atoms. The Morgan fingerprint density at radius 2 is 2.23 bits per heavy atom. The van der Waals surface area contributed by atoms with E-state index in [0.717, 1.165) is 5.56 Å². The van der Waals surface area contributed by atoms with Crippen LogP contribution >= 0.6 is 0 Å². The zero-order valence-corrected chi connectivity index (χ0v) is 7.57. The van der Waals surface area contributed by atoms with Gasteiger partial charge >= 0.3 is 0 Å². The third kappa shape index (κ3) is 1.99. The first-order valence-electron chi connectivity index (χ1n) is 3.93. The topological polar surface area (TPSA) is 46.5 Å². The van der Waals surface area contributed by atoms with Crippen molar-refractivity contribution in [3.05, 3.63) is 23.8 Å². The summed E-state index contributed by atoms with van der Waals surface area (Å²) in [6, 6.07) is 4.86. The van der Waals surface area contributed by atoms with Crippen molar-refractivity contribution >= 4 is 6.29 Å². The minimum atomic E-state index is -0.322. The Bertz CT molecular complexity index is 307. The van der Waals surface area contributed by atoms with Gasteiger partial charge in [0.2, 0.25) is 6.29 Å². The smallest absolute Gasteiger partial charge is 0.206 e. The van der Waals surface area contributed by atoms with E-state index >= 15 is 0 Å². The van der Waals surface area contributed by atoms with Crippen LogP contribution in [0, 0.1) is 0 Å². The summed E-state index contributed by atoms with van der Waals surface area (Å²) >= 11 is 0. The molecule has 1 radical (unpaired) electrons. The molecule has 0 saturated heterocycles. The Morgan fingerprint density at radius 3 is 2.69 bits per heavy atom. The van der Waals surface area contributed by atoms with Crippen LogP contribution in [0.2, 0.25) is 0 Å². The van der Waals surface area contributed by atoms with Crippen LogP contribution < -0.4 is 4.74 Å². The maximum Gasteiger partial charge on any atom is 0.206 e. The number of benzene rings is 1. The third-order valence-electron chi connectivity index (χ3n) is 1.88. The van der Waals surface area contributed by atoms with Crippen molar-refractivity contribution in [1.82, 2.24) is 0 Å². The summed E-state index contributed by atoms with van der Waals surface area (Å²) in [5.41, 5.74) is 0.730. The average Bonchev–Trinajstić information content (AvgIpc) is 2.16. The lowest BCUT2D eigenvalue weighted by Gasteiger charge is -2.07. The first-order valence-corrected chi connectivity index (χ1v) is 3.93. The molecular weight excluding hydrogens is 168 g/mol. The summed E-state index contributed by atoms with van der Waals surface area (Å²) in [5.74, 6) is 0.126. The van der Waals surface area contributed by atoms with Gasteiger partial charge in [-0.05, 0) is 17.7 Å². The van der Waals surface area contributed by atoms with Crippen molar-refractivity contribution in [3.63, 3.8) is 0 Å². The standard InChI is InChI=1S/C10H11O3/c1-7(6-11)8-3-4-10(13-2)9(12)5-8/h3-5,7,12H,1-2H3. The fraction of sp³-hybridized carbons (Fsp3) is 0.300. The third-order valence-corrected chi connectivity index (χ3v) is 1.88. The summed E-state index contributed by atoms with van der Waals surface area (Å²) < 4.78 is 4.86. The molecule has 0 saturated carbocycles. The molecule has 1 aromatic rings. The molecule has 0 aromatic heterocycles. The summed E-state index contributed by atoms with van der Waals surface area (Å²) in [7, 11) is 1.48. The molecule has 0 heterocycles. The van der Waals surface area contributed by atoms with Gasteiger partial charge in [-0.3, -0.25) is 4.79 Å². The second kappa shape index (κ2) is 3.94. The number of phenolic OH excluding ortho intramolecular Hbond substituents is 1. The molecule has 0 fully saturated rings. The second-order valence-electron chi connectivity index (χ2n) is 2.77. The number of aromatic hydroxyl groups is 1. The lowest BCUT2D eigenvalue weighted by Crippen LogP contribution is -1.94. The molecule has 1 unspecified atom stereocenters. The highest BCUT2D eigenvalue weighted by atomic mass is 16.5. The molecule has 69 valence electrons. The Balaban J connectivity index is 3.02. The molecule has 3 nitrogen and oxygen atoms in total. The quantitative estimate of drug-likeness (QED) is 0.766. The predicted octanol–water partition coefficient (Wildman–Crippen LogP) is 1.61. The van der Waals surface area contributed by atoms with E-state index in [0.29, 0.717) is 5.75 Å². The van der Waals surface area contributed by atoms with E-state index in [1.165, 1.54) is 13.2 Å². The lowest BCUT2D eigenvalue weighted by atomic mass is 10.0. The summed E-state index contributed by atoms with van der Waals surface area (Å²) in [6.07, 6.45) is 1.84. The molecule has 0 amide bonds. The lowest BCUT2D eigenvalue weighted by molar-refractivity contribution is 0.373. The monoisotopic (exact) mass is 179 g/mol. The van der Waals surface area contributed by atoms with Gasteiger partial charge in [-0.2, -0.15) is 0 Å². The van der Waals surface area contributed by atoms with Gasteiger partial charge in [0.15, 0.2) is 11.5 Å². The molecule has 0 aliphatic heterocycles. The normalized spacial score (nSPS) is 12.2. The fourth-order valence-corrected chi connectivity index (χ4v) is 1.04. The van der Waals surface area contributed by atoms with E-state index in [-0.39, 0.29) is 11.7 Å². The Hall–Kier alpha value is -1.51. The van der Waals surface area contributed by atoms with E-state index in [2.05, 4.69) is 0 Å². The molecule has 13 heavy (non-hydrogen) atoms. The Kier molecular flexibility index (Phi) is 2.90. The van der Waals surface area contributed by atoms with E-state index < -0.39 is 0 Å². The van der Waals surface area contributed by atoms with Crippen LogP contribution in [0.4, 0.5) is 0 Å². The zero-order chi connectivity index (χ0) is 9.84. The van der Waals surface area contributed by atoms with Crippen molar-refractivity contribution in [2.45, 2.75) is 12.8 Å². The molecule has 0 spiro atoms. The number of ether oxygens (including phenoxy) is 1. The zero-order valence-electron chi connectivity index (χ0n) is 7.57. The molecular formula is C10H11O3. The fourth-order valence-electron chi connectivity index (χ4n) is 1.04. The van der Waals surface area contributed by atoms with Gasteiger partial charge in [-0.1, -0.05) is 13.0 Å². The van der Waals surface area contributed by atoms with Crippen molar-refractivity contribution in [2.24, 2.45) is 0 Å². The van der Waals surface area contributed by atoms with Gasteiger partial charge in [-0.15, -0.1) is 0 Å². The van der Waals surface area contributed by atoms with Gasteiger partial charge in [0.1, 0.15) is 0 Å². The summed E-state index contributed by atoms with van der Waals surface area (Å²) in [5, 5.41) is 9.38. The first kappa shape index (κ1) is 9.58. The number of hydrogen-bond donors (Lipinski definition) is 1. The summed E-state index contributed by atoms with van der Waals surface area (Å²) in [6.45, 7) is 1.72. The van der Waals surface area contributed by atoms with E-state index in [4.69, 9.17) is 4.74 Å². The molecule has 0 aliphatic carbocycles. The van der Waals surface area contributed by atoms with E-state index in [1.807, 2.05) is 6.29 Å². The molecule has 1 atom stereocenters. The molecule has 1 rings (SSSR count). The number of carbonyl (C=O) groups excluding carboxylic acids is 1. The molecule has 1 N–H and O–H groups in total. The molecule has 1 aromatic carbocycles. The highest BCUT2D eigenvalue weighted by Gasteiger charge is 2.08. The average molecular weight is 179 g/mol. The van der Waals surface area contributed by atoms with Gasteiger partial charge in [0.05, 0.1) is 7.11 Å². The van der Waals surface area contributed by atoms with Gasteiger partial charge in [-0.25, -0.2) is 0 Å². The first-order chi connectivity index (χ1) is 6.19. The van der Waals surface area contributed by atoms with Crippen LogP contribution in [0.25, 0.3) is 0 Å². The molecule has 0 aliphatic rings. The maximum atomic E-state index is 10.3. The van der Waals surface area contributed by atoms with Crippen LogP contribution in [0.5, 0.6) is 11.5 Å². The predicted molar refractivity (Wildman–Crippen MR) is 48.8 cm³/mol. The van der Waals surface area contributed by atoms with Crippen LogP contribution in [-0.4, -0.2) is 18.5 Å². The van der Waals surface area contributed by atoms with Gasteiger partial charge < -0.3 is 9.84 Å². The van der Waals surface area contributed by atoms with Crippen molar-refractivity contribution < 1.29 is 14.6 Å². The van der Waals surface area contributed by atoms with E-state index in [1.54, 1.807) is 19.1 Å². The minimum Gasteiger partial charge on any atom is -0.504 e. The molecule has 3 heteroatoms. The Morgan fingerprint density at radius 1 is 1.54 bits per heavy atom. The van der Waals surface area contributed by atoms with Gasteiger partial charge in [0.25, 0.3) is 0 Å². The van der Waals surface area contributed by atoms with Crippen molar-refractivity contribution in [2.75, 3.05) is 7.11 Å². The number of methoxy groups -OCH3 is 1. The van der Waals surface area contributed by atoms with Crippen molar-refractivity contribution in [1.29, 1.82) is 0 Å². The highest BCUT2D eigenvalue weighted by Crippen LogP contribution is 2.28. The highest BCUT2D eigenvalue weighted by molar-refractivity contribution is 5.63. The minimum absolute atomic E-state index is 0.0436. The van der Waals surface area contributed by atoms with Crippen LogP contribution in [0.3, 0.4) is 0 Å². The van der Waals surface area contributed by atoms with Crippen molar-refractivity contribution in [3.8, 4) is 11.5 Å². The number of hydrogen-bond acceptors (Lipinski definition) is 3. The van der Waals surface area contributed by atoms with Crippen LogP contribution in [0.15, 0.2) is 18.2 Å². The SMILES string of the molecule is COc1ccc(C(C)[C]=O)cc1O. The largest absolute Gasteiger partial charge is 0.504 e. The van der Waals surface area contributed by atoms with E-state index in [9.17, 15) is 9.90 Å². The second-order valence-corrected chi connectivity index (χ2v) is 2.77. The van der Waals surface area contributed by atoms with Crippen LogP contribution in [-0.2, 0) is 4.79 Å². The van der Waals surface area contributed by atoms with Gasteiger partial charge in [0, 0.05) is 5.92 Å². The maximum absolute atomic E-state index is 10.3. The summed E-state index contributed by atoms with van der Waals surface area (Å²) in [4.78, 5) is 10.3. The number of rotatable bonds is 3. The van der Waals surface area contributed by atoms with Crippen LogP contribution in [0.1, 0.15) is 18.4 Å².